The van der Waals surface area contributed by atoms with Crippen molar-refractivity contribution in [2.75, 3.05) is 0 Å². The third-order valence-electron chi connectivity index (χ3n) is 5.32. The van der Waals surface area contributed by atoms with Crippen LogP contribution < -0.4 is 5.32 Å². The van der Waals surface area contributed by atoms with Crippen molar-refractivity contribution in [3.05, 3.63) is 34.6 Å². The van der Waals surface area contributed by atoms with Crippen LogP contribution in [-0.4, -0.2) is 6.04 Å². The highest BCUT2D eigenvalue weighted by molar-refractivity contribution is 6.30. The molecule has 0 unspecified atom stereocenters. The highest BCUT2D eigenvalue weighted by Gasteiger charge is 2.31. The Labute approximate surface area is 133 Å². The molecular weight excluding hydrogens is 285 g/mol. The minimum Gasteiger partial charge on any atom is -0.310 e. The van der Waals surface area contributed by atoms with E-state index in [1.54, 1.807) is 12.1 Å². The predicted octanol–water partition coefficient (Wildman–Crippen LogP) is 5.56. The Kier molecular flexibility index (Phi) is 5.67. The average molecular weight is 312 g/mol. The highest BCUT2D eigenvalue weighted by atomic mass is 35.5. The van der Waals surface area contributed by atoms with E-state index in [1.807, 2.05) is 0 Å². The van der Waals surface area contributed by atoms with Gasteiger partial charge in [-0.3, -0.25) is 0 Å². The largest absolute Gasteiger partial charge is 0.310 e. The van der Waals surface area contributed by atoms with Gasteiger partial charge in [-0.1, -0.05) is 44.9 Å². The second-order valence-electron chi connectivity index (χ2n) is 7.02. The summed E-state index contributed by atoms with van der Waals surface area (Å²) in [7, 11) is 0. The molecule has 0 aromatic heterocycles. The van der Waals surface area contributed by atoms with Gasteiger partial charge >= 0.3 is 0 Å². The first-order valence-electron chi connectivity index (χ1n) is 8.09. The highest BCUT2D eigenvalue weighted by Crippen LogP contribution is 2.40. The van der Waals surface area contributed by atoms with Gasteiger partial charge in [0.1, 0.15) is 5.82 Å². The minimum atomic E-state index is -0.345. The molecule has 1 aliphatic carbocycles. The zero-order chi connectivity index (χ0) is 15.5. The molecule has 1 N–H and O–H groups in total. The fourth-order valence-corrected chi connectivity index (χ4v) is 3.48. The summed E-state index contributed by atoms with van der Waals surface area (Å²) in [6.07, 6.45) is 6.35. The van der Waals surface area contributed by atoms with Gasteiger partial charge in [-0.15, -0.1) is 0 Å². The maximum absolute atomic E-state index is 13.1. The molecule has 1 saturated carbocycles. The van der Waals surface area contributed by atoms with E-state index in [0.29, 0.717) is 11.5 Å². The molecule has 0 amide bonds. The standard InChI is InChI=1S/C18H27ClFN/c1-4-18(2,3)14-6-8-15(9-7-14)21-12-13-5-10-17(20)16(19)11-13/h5,10-11,14-15,21H,4,6-9,12H2,1-3H3. The van der Waals surface area contributed by atoms with E-state index in [9.17, 15) is 4.39 Å². The molecule has 0 radical (unpaired) electrons. The summed E-state index contributed by atoms with van der Waals surface area (Å²) in [5, 5.41) is 3.80. The fourth-order valence-electron chi connectivity index (χ4n) is 3.28. The monoisotopic (exact) mass is 311 g/mol. The fraction of sp³-hybridized carbons (Fsp3) is 0.667. The number of halogens is 2. The van der Waals surface area contributed by atoms with Gasteiger partial charge in [-0.05, 0) is 54.7 Å². The van der Waals surface area contributed by atoms with E-state index in [0.717, 1.165) is 18.0 Å². The Hall–Kier alpha value is -0.600. The van der Waals surface area contributed by atoms with E-state index in [-0.39, 0.29) is 10.8 Å². The zero-order valence-corrected chi connectivity index (χ0v) is 14.1. The molecule has 118 valence electrons. The quantitative estimate of drug-likeness (QED) is 0.750. The van der Waals surface area contributed by atoms with Crippen molar-refractivity contribution in [2.24, 2.45) is 11.3 Å². The number of rotatable bonds is 5. The van der Waals surface area contributed by atoms with Crippen molar-refractivity contribution in [3.63, 3.8) is 0 Å². The molecule has 3 heteroatoms. The van der Waals surface area contributed by atoms with Crippen LogP contribution in [0.3, 0.4) is 0 Å². The molecule has 1 aliphatic rings. The van der Waals surface area contributed by atoms with Gasteiger partial charge in [0.2, 0.25) is 0 Å². The molecule has 0 bridgehead atoms. The van der Waals surface area contributed by atoms with E-state index in [4.69, 9.17) is 11.6 Å². The van der Waals surface area contributed by atoms with Crippen molar-refractivity contribution >= 4 is 11.6 Å². The number of hydrogen-bond acceptors (Lipinski definition) is 1. The van der Waals surface area contributed by atoms with Crippen LogP contribution in [0.2, 0.25) is 5.02 Å². The summed E-state index contributed by atoms with van der Waals surface area (Å²) in [4.78, 5) is 0. The second kappa shape index (κ2) is 7.11. The van der Waals surface area contributed by atoms with Crippen LogP contribution in [0.4, 0.5) is 4.39 Å². The van der Waals surface area contributed by atoms with Gasteiger partial charge in [0.15, 0.2) is 0 Å². The average Bonchev–Trinajstić information content (AvgIpc) is 2.49. The molecular formula is C18H27ClFN. The van der Waals surface area contributed by atoms with Crippen LogP contribution in [0, 0.1) is 17.2 Å². The van der Waals surface area contributed by atoms with E-state index in [2.05, 4.69) is 26.1 Å². The van der Waals surface area contributed by atoms with Crippen molar-refractivity contribution in [2.45, 2.75) is 65.5 Å². The zero-order valence-electron chi connectivity index (χ0n) is 13.4. The van der Waals surface area contributed by atoms with Crippen LogP contribution in [0.25, 0.3) is 0 Å². The van der Waals surface area contributed by atoms with Crippen molar-refractivity contribution in [1.29, 1.82) is 0 Å². The molecule has 0 atom stereocenters. The lowest BCUT2D eigenvalue weighted by molar-refractivity contribution is 0.137. The topological polar surface area (TPSA) is 12.0 Å². The van der Waals surface area contributed by atoms with Gasteiger partial charge in [-0.25, -0.2) is 4.39 Å². The normalized spacial score (nSPS) is 23.3. The SMILES string of the molecule is CCC(C)(C)C1CCC(NCc2ccc(F)c(Cl)c2)CC1. The lowest BCUT2D eigenvalue weighted by Crippen LogP contribution is -2.36. The van der Waals surface area contributed by atoms with E-state index >= 15 is 0 Å². The van der Waals surface area contributed by atoms with Crippen molar-refractivity contribution in [1.82, 2.24) is 5.32 Å². The summed E-state index contributed by atoms with van der Waals surface area (Å²) in [6.45, 7) is 7.85. The van der Waals surface area contributed by atoms with Gasteiger partial charge in [0, 0.05) is 12.6 Å². The van der Waals surface area contributed by atoms with Crippen LogP contribution in [0.1, 0.15) is 58.4 Å². The third kappa shape index (κ3) is 4.43. The number of benzene rings is 1. The van der Waals surface area contributed by atoms with Crippen LogP contribution in [-0.2, 0) is 6.54 Å². The number of hydrogen-bond donors (Lipinski definition) is 1. The maximum Gasteiger partial charge on any atom is 0.141 e. The summed E-state index contributed by atoms with van der Waals surface area (Å²) < 4.78 is 13.1. The molecule has 1 nitrogen and oxygen atoms in total. The molecule has 0 saturated heterocycles. The van der Waals surface area contributed by atoms with Crippen LogP contribution in [0.15, 0.2) is 18.2 Å². The van der Waals surface area contributed by atoms with Gasteiger partial charge in [-0.2, -0.15) is 0 Å². The van der Waals surface area contributed by atoms with E-state index in [1.165, 1.54) is 38.2 Å². The summed E-state index contributed by atoms with van der Waals surface area (Å²) in [5.41, 5.74) is 1.52. The number of nitrogens with one attached hydrogen (secondary N) is 1. The first-order chi connectivity index (χ1) is 9.92. The molecule has 2 rings (SSSR count). The maximum atomic E-state index is 13.1. The first kappa shape index (κ1) is 16.8. The van der Waals surface area contributed by atoms with Crippen molar-refractivity contribution < 1.29 is 4.39 Å². The van der Waals surface area contributed by atoms with Crippen molar-refractivity contribution in [3.8, 4) is 0 Å². The van der Waals surface area contributed by atoms with E-state index < -0.39 is 0 Å². The molecule has 1 aromatic carbocycles. The molecule has 0 aliphatic heterocycles. The summed E-state index contributed by atoms with van der Waals surface area (Å²) in [6, 6.07) is 5.55. The molecule has 1 fully saturated rings. The Bertz CT molecular complexity index is 464. The predicted molar refractivity (Wildman–Crippen MR) is 88.1 cm³/mol. The summed E-state index contributed by atoms with van der Waals surface area (Å²) in [5.74, 6) is 0.503. The molecule has 21 heavy (non-hydrogen) atoms. The Morgan fingerprint density at radius 2 is 1.90 bits per heavy atom. The second-order valence-corrected chi connectivity index (χ2v) is 7.43. The Morgan fingerprint density at radius 3 is 2.48 bits per heavy atom. The molecule has 0 heterocycles. The lowest BCUT2D eigenvalue weighted by atomic mass is 9.69. The molecule has 1 aromatic rings. The van der Waals surface area contributed by atoms with Crippen LogP contribution in [0.5, 0.6) is 0 Å². The Balaban J connectivity index is 1.80. The van der Waals surface area contributed by atoms with Crippen LogP contribution >= 0.6 is 11.6 Å². The van der Waals surface area contributed by atoms with Gasteiger partial charge in [0.05, 0.1) is 5.02 Å². The summed E-state index contributed by atoms with van der Waals surface area (Å²) >= 11 is 5.82. The van der Waals surface area contributed by atoms with Gasteiger partial charge in [0.25, 0.3) is 0 Å². The Morgan fingerprint density at radius 1 is 1.24 bits per heavy atom. The lowest BCUT2D eigenvalue weighted by Gasteiger charge is -2.39. The van der Waals surface area contributed by atoms with Gasteiger partial charge < -0.3 is 5.32 Å². The smallest absolute Gasteiger partial charge is 0.141 e. The molecule has 0 spiro atoms. The minimum absolute atomic E-state index is 0.211. The first-order valence-corrected chi connectivity index (χ1v) is 8.47. The third-order valence-corrected chi connectivity index (χ3v) is 5.61.